The van der Waals surface area contributed by atoms with Gasteiger partial charge >= 0.3 is 5.97 Å². The van der Waals surface area contributed by atoms with E-state index < -0.39 is 5.97 Å². The minimum Gasteiger partial charge on any atom is -0.464 e. The predicted molar refractivity (Wildman–Crippen MR) is 82.2 cm³/mol. The first-order chi connectivity index (χ1) is 10.7. The van der Waals surface area contributed by atoms with Crippen LogP contribution >= 0.6 is 0 Å². The number of aryl methyl sites for hydroxylation is 1. The van der Waals surface area contributed by atoms with Crippen molar-refractivity contribution in [1.82, 2.24) is 9.78 Å². The summed E-state index contributed by atoms with van der Waals surface area (Å²) in [5, 5.41) is 4.33. The third-order valence-electron chi connectivity index (χ3n) is 3.94. The fourth-order valence-electron chi connectivity index (χ4n) is 2.78. The topological polar surface area (TPSA) is 53.4 Å². The summed E-state index contributed by atoms with van der Waals surface area (Å²) in [4.78, 5) is 11.6. The Balaban J connectivity index is 1.99. The van der Waals surface area contributed by atoms with Crippen LogP contribution in [0.3, 0.4) is 0 Å². The number of methoxy groups -OCH3 is 1. The first-order valence-corrected chi connectivity index (χ1v) is 7.55. The summed E-state index contributed by atoms with van der Waals surface area (Å²) in [5.74, 6) is -0.429. The summed E-state index contributed by atoms with van der Waals surface area (Å²) in [6.45, 7) is 2.84. The zero-order chi connectivity index (χ0) is 15.5. The molecule has 0 saturated carbocycles. The van der Waals surface area contributed by atoms with Crippen LogP contribution in [0.4, 0.5) is 0 Å². The standard InChI is InChI=1S/C17H20N2O3/c1-12-6-7-13(16-5-3-4-10-22-16)15(11-12)19-9-8-14(18-19)17(20)21-2/h6-9,11,16H,3-5,10H2,1-2H3. The van der Waals surface area contributed by atoms with Crippen LogP contribution < -0.4 is 0 Å². The number of ether oxygens (including phenoxy) is 2. The van der Waals surface area contributed by atoms with Gasteiger partial charge in [0.2, 0.25) is 0 Å². The second kappa shape index (κ2) is 6.32. The molecule has 1 aromatic heterocycles. The molecule has 5 nitrogen and oxygen atoms in total. The van der Waals surface area contributed by atoms with Gasteiger partial charge in [0.1, 0.15) is 0 Å². The molecule has 116 valence electrons. The molecule has 0 spiro atoms. The maximum absolute atomic E-state index is 11.6. The van der Waals surface area contributed by atoms with Gasteiger partial charge in [-0.05, 0) is 43.9 Å². The van der Waals surface area contributed by atoms with Gasteiger partial charge in [-0.1, -0.05) is 12.1 Å². The van der Waals surface area contributed by atoms with Gasteiger partial charge < -0.3 is 9.47 Å². The predicted octanol–water partition coefficient (Wildman–Crippen LogP) is 3.21. The number of aromatic nitrogens is 2. The van der Waals surface area contributed by atoms with Crippen molar-refractivity contribution in [3.05, 3.63) is 47.3 Å². The van der Waals surface area contributed by atoms with E-state index in [2.05, 4.69) is 23.3 Å². The summed E-state index contributed by atoms with van der Waals surface area (Å²) in [5.41, 5.74) is 3.52. The van der Waals surface area contributed by atoms with E-state index in [0.29, 0.717) is 5.69 Å². The molecule has 1 aromatic carbocycles. The third kappa shape index (κ3) is 2.90. The highest BCUT2D eigenvalue weighted by Gasteiger charge is 2.21. The van der Waals surface area contributed by atoms with Gasteiger partial charge in [-0.3, -0.25) is 0 Å². The number of carbonyl (C=O) groups is 1. The Kier molecular flexibility index (Phi) is 4.24. The largest absolute Gasteiger partial charge is 0.464 e. The summed E-state index contributed by atoms with van der Waals surface area (Å²) in [6.07, 6.45) is 5.18. The zero-order valence-electron chi connectivity index (χ0n) is 12.9. The lowest BCUT2D eigenvalue weighted by atomic mass is 9.98. The van der Waals surface area contributed by atoms with Crippen LogP contribution in [0.2, 0.25) is 0 Å². The molecule has 2 aromatic rings. The van der Waals surface area contributed by atoms with E-state index in [9.17, 15) is 4.79 Å². The van der Waals surface area contributed by atoms with Gasteiger partial charge in [-0.25, -0.2) is 9.48 Å². The normalized spacial score (nSPS) is 18.2. The summed E-state index contributed by atoms with van der Waals surface area (Å²) in [7, 11) is 1.36. The SMILES string of the molecule is COC(=O)c1ccn(-c2cc(C)ccc2C2CCCCO2)n1. The smallest absolute Gasteiger partial charge is 0.358 e. The second-order valence-corrected chi connectivity index (χ2v) is 5.55. The number of hydrogen-bond acceptors (Lipinski definition) is 4. The van der Waals surface area contributed by atoms with Crippen molar-refractivity contribution in [3.63, 3.8) is 0 Å². The lowest BCUT2D eigenvalue weighted by Crippen LogP contribution is -2.14. The van der Waals surface area contributed by atoms with Gasteiger partial charge in [0.15, 0.2) is 5.69 Å². The minimum atomic E-state index is -0.429. The van der Waals surface area contributed by atoms with Crippen LogP contribution in [0.25, 0.3) is 5.69 Å². The van der Waals surface area contributed by atoms with Gasteiger partial charge in [0.05, 0.1) is 18.9 Å². The van der Waals surface area contributed by atoms with E-state index in [-0.39, 0.29) is 6.10 Å². The van der Waals surface area contributed by atoms with E-state index in [1.54, 1.807) is 16.9 Å². The van der Waals surface area contributed by atoms with Crippen molar-refractivity contribution in [3.8, 4) is 5.69 Å². The highest BCUT2D eigenvalue weighted by Crippen LogP contribution is 2.32. The zero-order valence-corrected chi connectivity index (χ0v) is 12.9. The van der Waals surface area contributed by atoms with E-state index in [4.69, 9.17) is 9.47 Å². The van der Waals surface area contributed by atoms with Crippen molar-refractivity contribution in [2.24, 2.45) is 0 Å². The molecule has 0 radical (unpaired) electrons. The Bertz CT molecular complexity index is 672. The highest BCUT2D eigenvalue weighted by molar-refractivity contribution is 5.87. The molecule has 1 aliphatic heterocycles. The second-order valence-electron chi connectivity index (χ2n) is 5.55. The molecule has 1 atom stereocenters. The molecule has 1 aliphatic rings. The van der Waals surface area contributed by atoms with Crippen molar-refractivity contribution < 1.29 is 14.3 Å². The molecule has 2 heterocycles. The fourth-order valence-corrected chi connectivity index (χ4v) is 2.78. The first kappa shape index (κ1) is 14.8. The summed E-state index contributed by atoms with van der Waals surface area (Å²) >= 11 is 0. The van der Waals surface area contributed by atoms with Gasteiger partial charge in [-0.2, -0.15) is 5.10 Å². The van der Waals surface area contributed by atoms with Crippen LogP contribution in [-0.4, -0.2) is 29.5 Å². The van der Waals surface area contributed by atoms with E-state index in [1.165, 1.54) is 13.5 Å². The molecule has 3 rings (SSSR count). The first-order valence-electron chi connectivity index (χ1n) is 7.55. The lowest BCUT2D eigenvalue weighted by molar-refractivity contribution is 0.0149. The van der Waals surface area contributed by atoms with Crippen LogP contribution in [0.15, 0.2) is 30.5 Å². The van der Waals surface area contributed by atoms with Crippen molar-refractivity contribution >= 4 is 5.97 Å². The molecule has 0 amide bonds. The number of esters is 1. The van der Waals surface area contributed by atoms with Crippen LogP contribution in [0, 0.1) is 6.92 Å². The van der Waals surface area contributed by atoms with Crippen molar-refractivity contribution in [2.75, 3.05) is 13.7 Å². The number of carbonyl (C=O) groups excluding carboxylic acids is 1. The number of rotatable bonds is 3. The molecule has 22 heavy (non-hydrogen) atoms. The highest BCUT2D eigenvalue weighted by atomic mass is 16.5. The minimum absolute atomic E-state index is 0.0927. The quantitative estimate of drug-likeness (QED) is 0.817. The molecule has 0 N–H and O–H groups in total. The Hall–Kier alpha value is -2.14. The van der Waals surface area contributed by atoms with Crippen molar-refractivity contribution in [2.45, 2.75) is 32.3 Å². The average Bonchev–Trinajstić information content (AvgIpc) is 3.05. The monoisotopic (exact) mass is 300 g/mol. The Morgan fingerprint density at radius 1 is 1.36 bits per heavy atom. The molecular weight excluding hydrogens is 280 g/mol. The summed E-state index contributed by atoms with van der Waals surface area (Å²) < 4.78 is 12.4. The molecule has 5 heteroatoms. The van der Waals surface area contributed by atoms with E-state index >= 15 is 0 Å². The molecule has 0 bridgehead atoms. The van der Waals surface area contributed by atoms with Crippen LogP contribution in [-0.2, 0) is 9.47 Å². The average molecular weight is 300 g/mol. The number of benzene rings is 1. The number of hydrogen-bond donors (Lipinski definition) is 0. The molecule has 1 fully saturated rings. The van der Waals surface area contributed by atoms with Crippen molar-refractivity contribution in [1.29, 1.82) is 0 Å². The molecule has 1 unspecified atom stereocenters. The maximum atomic E-state index is 11.6. The lowest BCUT2D eigenvalue weighted by Gasteiger charge is -2.25. The Morgan fingerprint density at radius 2 is 2.23 bits per heavy atom. The summed E-state index contributed by atoms with van der Waals surface area (Å²) in [6, 6.07) is 7.92. The van der Waals surface area contributed by atoms with Gasteiger partial charge in [0.25, 0.3) is 0 Å². The third-order valence-corrected chi connectivity index (χ3v) is 3.94. The molecule has 0 aliphatic carbocycles. The van der Waals surface area contributed by atoms with Crippen LogP contribution in [0.1, 0.15) is 47.0 Å². The Labute approximate surface area is 129 Å². The molecular formula is C17H20N2O3. The van der Waals surface area contributed by atoms with E-state index in [1.807, 2.05) is 6.92 Å². The number of nitrogens with zero attached hydrogens (tertiary/aromatic N) is 2. The van der Waals surface area contributed by atoms with Gasteiger partial charge in [-0.15, -0.1) is 0 Å². The molecule has 1 saturated heterocycles. The van der Waals surface area contributed by atoms with E-state index in [0.717, 1.165) is 36.3 Å². The van der Waals surface area contributed by atoms with Gasteiger partial charge in [0, 0.05) is 18.4 Å². The van der Waals surface area contributed by atoms with Crippen LogP contribution in [0.5, 0.6) is 0 Å². The maximum Gasteiger partial charge on any atom is 0.358 e. The fraction of sp³-hybridized carbons (Fsp3) is 0.412. The Morgan fingerprint density at radius 3 is 2.95 bits per heavy atom.